The zero-order valence-corrected chi connectivity index (χ0v) is 8.81. The van der Waals surface area contributed by atoms with E-state index in [1.54, 1.807) is 0 Å². The molecule has 1 N–H and O–H groups in total. The van der Waals surface area contributed by atoms with E-state index in [9.17, 15) is 0 Å². The van der Waals surface area contributed by atoms with Crippen LogP contribution in [0.25, 0.3) is 0 Å². The first-order chi connectivity index (χ1) is 6.18. The van der Waals surface area contributed by atoms with Crippen LogP contribution in [0.3, 0.4) is 0 Å². The molecule has 0 spiro atoms. The van der Waals surface area contributed by atoms with Gasteiger partial charge in [0.2, 0.25) is 0 Å². The maximum Gasteiger partial charge on any atom is 0.0561 e. The number of hydrogen-bond acceptors (Lipinski definition) is 2. The normalized spacial score (nSPS) is 28.8. The highest BCUT2D eigenvalue weighted by Gasteiger charge is 2.17. The quantitative estimate of drug-likeness (QED) is 0.674. The van der Waals surface area contributed by atoms with E-state index in [1.807, 2.05) is 0 Å². The smallest absolute Gasteiger partial charge is 0.0561 e. The first-order valence-corrected chi connectivity index (χ1v) is 5.18. The summed E-state index contributed by atoms with van der Waals surface area (Å²) in [5, 5.41) is 3.54. The molecule has 1 aliphatic heterocycles. The maximum absolute atomic E-state index is 5.48. The third-order valence-corrected chi connectivity index (χ3v) is 2.47. The molecule has 0 aromatic rings. The van der Waals surface area contributed by atoms with Crippen molar-refractivity contribution in [3.05, 3.63) is 12.2 Å². The lowest BCUT2D eigenvalue weighted by molar-refractivity contribution is 0.0135. The molecular formula is C11H21NO. The van der Waals surface area contributed by atoms with Crippen molar-refractivity contribution < 1.29 is 4.74 Å². The second kappa shape index (κ2) is 5.40. The molecule has 0 aliphatic carbocycles. The summed E-state index contributed by atoms with van der Waals surface area (Å²) in [6.45, 7) is 10.1. The van der Waals surface area contributed by atoms with Gasteiger partial charge in [0, 0.05) is 12.6 Å². The lowest BCUT2D eigenvalue weighted by atomic mass is 10.0. The van der Waals surface area contributed by atoms with Crippen LogP contribution >= 0.6 is 0 Å². The fourth-order valence-electron chi connectivity index (χ4n) is 1.67. The molecule has 76 valence electrons. The standard InChI is InChI=1S/C11H21NO/c1-9(2)4-6-12-11-5-7-13-10(3)8-11/h10-12H,1,4-8H2,2-3H3. The Morgan fingerprint density at radius 3 is 3.00 bits per heavy atom. The molecule has 0 amide bonds. The minimum Gasteiger partial charge on any atom is -0.378 e. The van der Waals surface area contributed by atoms with Gasteiger partial charge in [-0.2, -0.15) is 0 Å². The maximum atomic E-state index is 5.48. The average molecular weight is 183 g/mol. The van der Waals surface area contributed by atoms with Crippen molar-refractivity contribution in [3.63, 3.8) is 0 Å². The summed E-state index contributed by atoms with van der Waals surface area (Å²) in [5.41, 5.74) is 1.26. The van der Waals surface area contributed by atoms with Gasteiger partial charge >= 0.3 is 0 Å². The predicted molar refractivity (Wildman–Crippen MR) is 55.9 cm³/mol. The van der Waals surface area contributed by atoms with Gasteiger partial charge in [0.25, 0.3) is 0 Å². The van der Waals surface area contributed by atoms with Gasteiger partial charge in [-0.05, 0) is 39.7 Å². The second-order valence-corrected chi connectivity index (χ2v) is 4.06. The van der Waals surface area contributed by atoms with Crippen molar-refractivity contribution in [2.24, 2.45) is 0 Å². The Morgan fingerprint density at radius 1 is 1.62 bits per heavy atom. The zero-order valence-electron chi connectivity index (χ0n) is 8.81. The SMILES string of the molecule is C=C(C)CCNC1CCOC(C)C1. The van der Waals surface area contributed by atoms with Crippen molar-refractivity contribution in [3.8, 4) is 0 Å². The fourth-order valence-corrected chi connectivity index (χ4v) is 1.67. The number of rotatable bonds is 4. The highest BCUT2D eigenvalue weighted by Crippen LogP contribution is 2.13. The van der Waals surface area contributed by atoms with Gasteiger partial charge in [-0.3, -0.25) is 0 Å². The molecule has 1 rings (SSSR count). The predicted octanol–water partition coefficient (Wildman–Crippen LogP) is 2.11. The van der Waals surface area contributed by atoms with Gasteiger partial charge < -0.3 is 10.1 Å². The molecular weight excluding hydrogens is 162 g/mol. The minimum absolute atomic E-state index is 0.427. The Hall–Kier alpha value is -0.340. The van der Waals surface area contributed by atoms with E-state index in [4.69, 9.17) is 4.74 Å². The highest BCUT2D eigenvalue weighted by molar-refractivity contribution is 4.89. The highest BCUT2D eigenvalue weighted by atomic mass is 16.5. The third kappa shape index (κ3) is 4.44. The number of ether oxygens (including phenoxy) is 1. The third-order valence-electron chi connectivity index (χ3n) is 2.47. The summed E-state index contributed by atoms with van der Waals surface area (Å²) >= 11 is 0. The minimum atomic E-state index is 0.427. The van der Waals surface area contributed by atoms with E-state index in [0.29, 0.717) is 12.1 Å². The summed E-state index contributed by atoms with van der Waals surface area (Å²) in [6.07, 6.45) is 3.82. The molecule has 2 unspecified atom stereocenters. The molecule has 2 atom stereocenters. The van der Waals surface area contributed by atoms with E-state index in [2.05, 4.69) is 25.7 Å². The van der Waals surface area contributed by atoms with Crippen LogP contribution in [0.1, 0.15) is 33.1 Å². The molecule has 2 heteroatoms. The van der Waals surface area contributed by atoms with Gasteiger partial charge in [0.05, 0.1) is 6.10 Å². The second-order valence-electron chi connectivity index (χ2n) is 4.06. The first-order valence-electron chi connectivity index (χ1n) is 5.18. The topological polar surface area (TPSA) is 21.3 Å². The van der Waals surface area contributed by atoms with Crippen LogP contribution in [0, 0.1) is 0 Å². The van der Waals surface area contributed by atoms with Crippen molar-refractivity contribution in [1.82, 2.24) is 5.32 Å². The Balaban J connectivity index is 2.10. The van der Waals surface area contributed by atoms with Crippen LogP contribution in [0.4, 0.5) is 0 Å². The van der Waals surface area contributed by atoms with Gasteiger partial charge in [-0.15, -0.1) is 6.58 Å². The van der Waals surface area contributed by atoms with E-state index in [-0.39, 0.29) is 0 Å². The molecule has 0 radical (unpaired) electrons. The van der Waals surface area contributed by atoms with Crippen LogP contribution in [0.5, 0.6) is 0 Å². The molecule has 1 saturated heterocycles. The van der Waals surface area contributed by atoms with E-state index in [1.165, 1.54) is 5.57 Å². The Labute approximate surface area is 81.4 Å². The summed E-state index contributed by atoms with van der Waals surface area (Å²) in [4.78, 5) is 0. The van der Waals surface area contributed by atoms with Gasteiger partial charge in [-0.1, -0.05) is 5.57 Å². The van der Waals surface area contributed by atoms with Gasteiger partial charge in [-0.25, -0.2) is 0 Å². The van der Waals surface area contributed by atoms with Gasteiger partial charge in [0.15, 0.2) is 0 Å². The van der Waals surface area contributed by atoms with Gasteiger partial charge in [0.1, 0.15) is 0 Å². The van der Waals surface area contributed by atoms with E-state index in [0.717, 1.165) is 32.4 Å². The van der Waals surface area contributed by atoms with E-state index < -0.39 is 0 Å². The average Bonchev–Trinajstić information content (AvgIpc) is 2.03. The number of hydrogen-bond donors (Lipinski definition) is 1. The van der Waals surface area contributed by atoms with Crippen molar-refractivity contribution in [1.29, 1.82) is 0 Å². The fraction of sp³-hybridized carbons (Fsp3) is 0.818. The van der Waals surface area contributed by atoms with Crippen LogP contribution in [-0.2, 0) is 4.74 Å². The van der Waals surface area contributed by atoms with Crippen molar-refractivity contribution in [2.75, 3.05) is 13.2 Å². The summed E-state index contributed by atoms with van der Waals surface area (Å²) in [5.74, 6) is 0. The molecule has 0 bridgehead atoms. The van der Waals surface area contributed by atoms with Crippen molar-refractivity contribution in [2.45, 2.75) is 45.3 Å². The summed E-state index contributed by atoms with van der Waals surface area (Å²) < 4.78 is 5.48. The Bertz CT molecular complexity index is 167. The summed E-state index contributed by atoms with van der Waals surface area (Å²) in [7, 11) is 0. The lowest BCUT2D eigenvalue weighted by Crippen LogP contribution is -2.38. The molecule has 2 nitrogen and oxygen atoms in total. The number of nitrogens with one attached hydrogen (secondary N) is 1. The largest absolute Gasteiger partial charge is 0.378 e. The summed E-state index contributed by atoms with van der Waals surface area (Å²) in [6, 6.07) is 0.656. The molecule has 1 heterocycles. The molecule has 13 heavy (non-hydrogen) atoms. The van der Waals surface area contributed by atoms with Crippen LogP contribution in [-0.4, -0.2) is 25.3 Å². The molecule has 0 aromatic carbocycles. The first kappa shape index (κ1) is 10.7. The molecule has 1 fully saturated rings. The Morgan fingerprint density at radius 2 is 2.38 bits per heavy atom. The van der Waals surface area contributed by atoms with Crippen LogP contribution < -0.4 is 5.32 Å². The van der Waals surface area contributed by atoms with Crippen LogP contribution in [0.2, 0.25) is 0 Å². The van der Waals surface area contributed by atoms with Crippen LogP contribution in [0.15, 0.2) is 12.2 Å². The Kier molecular flexibility index (Phi) is 4.46. The lowest BCUT2D eigenvalue weighted by Gasteiger charge is -2.28. The monoisotopic (exact) mass is 183 g/mol. The van der Waals surface area contributed by atoms with Crippen molar-refractivity contribution >= 4 is 0 Å². The molecule has 0 saturated carbocycles. The molecule has 0 aromatic heterocycles. The van der Waals surface area contributed by atoms with E-state index >= 15 is 0 Å². The zero-order chi connectivity index (χ0) is 9.68. The molecule has 1 aliphatic rings.